The van der Waals surface area contributed by atoms with Crippen molar-refractivity contribution < 1.29 is 14.3 Å². The second-order valence-corrected chi connectivity index (χ2v) is 6.74. The van der Waals surface area contributed by atoms with Crippen molar-refractivity contribution in [1.82, 2.24) is 5.32 Å². The second-order valence-electron chi connectivity index (χ2n) is 4.91. The van der Waals surface area contributed by atoms with Gasteiger partial charge in [-0.15, -0.1) is 0 Å². The lowest BCUT2D eigenvalue weighted by Gasteiger charge is -2.09. The van der Waals surface area contributed by atoms with Crippen LogP contribution < -0.4 is 10.1 Å². The Morgan fingerprint density at radius 1 is 1.04 bits per heavy atom. The maximum atomic E-state index is 11.5. The van der Waals surface area contributed by atoms with Gasteiger partial charge < -0.3 is 4.74 Å². The fourth-order valence-electron chi connectivity index (χ4n) is 2.06. The minimum absolute atomic E-state index is 0.256. The van der Waals surface area contributed by atoms with E-state index in [2.05, 4.69) is 5.32 Å². The maximum absolute atomic E-state index is 11.5. The lowest BCUT2D eigenvalue weighted by atomic mass is 10.2. The van der Waals surface area contributed by atoms with Gasteiger partial charge in [0.2, 0.25) is 0 Å². The minimum Gasteiger partial charge on any atom is -0.489 e. The quantitative estimate of drug-likeness (QED) is 0.767. The van der Waals surface area contributed by atoms with Gasteiger partial charge in [-0.3, -0.25) is 14.9 Å². The summed E-state index contributed by atoms with van der Waals surface area (Å²) in [6.45, 7) is 0.256. The Labute approximate surface area is 152 Å². The molecule has 0 aromatic heterocycles. The monoisotopic (exact) mass is 379 g/mol. The van der Waals surface area contributed by atoms with E-state index in [1.807, 2.05) is 0 Å². The van der Waals surface area contributed by atoms with Crippen molar-refractivity contribution in [3.8, 4) is 5.75 Å². The molecule has 3 rings (SSSR count). The molecule has 0 bridgehead atoms. The van der Waals surface area contributed by atoms with E-state index in [1.54, 1.807) is 48.5 Å². The van der Waals surface area contributed by atoms with Crippen LogP contribution in [0.2, 0.25) is 10.0 Å². The summed E-state index contributed by atoms with van der Waals surface area (Å²) < 4.78 is 5.69. The zero-order chi connectivity index (χ0) is 17.1. The van der Waals surface area contributed by atoms with Crippen LogP contribution in [0.15, 0.2) is 47.4 Å². The third-order valence-corrected chi connectivity index (χ3v) is 4.78. The van der Waals surface area contributed by atoms with E-state index in [9.17, 15) is 9.59 Å². The fourth-order valence-corrected chi connectivity index (χ4v) is 3.25. The molecule has 7 heteroatoms. The molecule has 1 heterocycles. The highest BCUT2D eigenvalue weighted by molar-refractivity contribution is 8.18. The molecule has 2 aromatic rings. The van der Waals surface area contributed by atoms with E-state index in [4.69, 9.17) is 27.9 Å². The smallest absolute Gasteiger partial charge is 0.290 e. The molecule has 2 aromatic carbocycles. The summed E-state index contributed by atoms with van der Waals surface area (Å²) in [5, 5.41) is 2.96. The number of nitrogens with one attached hydrogen (secondary N) is 1. The van der Waals surface area contributed by atoms with Crippen LogP contribution in [0.1, 0.15) is 11.1 Å². The summed E-state index contributed by atoms with van der Waals surface area (Å²) in [6.07, 6.45) is 1.65. The molecule has 2 amide bonds. The minimum atomic E-state index is -0.376. The lowest BCUT2D eigenvalue weighted by Crippen LogP contribution is -2.17. The molecule has 1 aliphatic rings. The Kier molecular flexibility index (Phi) is 5.14. The van der Waals surface area contributed by atoms with Gasteiger partial charge in [-0.1, -0.05) is 41.4 Å². The van der Waals surface area contributed by atoms with Crippen LogP contribution in [0.25, 0.3) is 6.08 Å². The zero-order valence-corrected chi connectivity index (χ0v) is 14.5. The maximum Gasteiger partial charge on any atom is 0.290 e. The van der Waals surface area contributed by atoms with E-state index in [1.165, 1.54) is 0 Å². The first-order valence-corrected chi connectivity index (χ1v) is 8.51. The van der Waals surface area contributed by atoms with E-state index >= 15 is 0 Å². The van der Waals surface area contributed by atoms with Crippen molar-refractivity contribution in [2.24, 2.45) is 0 Å². The summed E-state index contributed by atoms with van der Waals surface area (Å²) in [7, 11) is 0. The average molecular weight is 380 g/mol. The second kappa shape index (κ2) is 7.30. The third kappa shape index (κ3) is 3.93. The van der Waals surface area contributed by atoms with Crippen LogP contribution in [0.4, 0.5) is 4.79 Å². The van der Waals surface area contributed by atoms with Crippen molar-refractivity contribution >= 4 is 52.2 Å². The van der Waals surface area contributed by atoms with Gasteiger partial charge in [0.25, 0.3) is 11.1 Å². The van der Waals surface area contributed by atoms with Crippen LogP contribution in [0.5, 0.6) is 5.75 Å². The Morgan fingerprint density at radius 3 is 2.29 bits per heavy atom. The number of ether oxygens (including phenoxy) is 1. The summed E-state index contributed by atoms with van der Waals surface area (Å²) in [6, 6.07) is 12.4. The van der Waals surface area contributed by atoms with Crippen molar-refractivity contribution in [3.63, 3.8) is 0 Å². The summed E-state index contributed by atoms with van der Waals surface area (Å²) in [4.78, 5) is 23.0. The molecular weight excluding hydrogens is 369 g/mol. The first-order chi connectivity index (χ1) is 11.5. The normalized spacial score (nSPS) is 15.7. The van der Waals surface area contributed by atoms with Gasteiger partial charge in [-0.05, 0) is 47.7 Å². The third-order valence-electron chi connectivity index (χ3n) is 3.26. The number of amides is 2. The van der Waals surface area contributed by atoms with Gasteiger partial charge in [0, 0.05) is 15.6 Å². The fraction of sp³-hybridized carbons (Fsp3) is 0.0588. The number of benzene rings is 2. The molecular formula is C17H11Cl2NO3S. The van der Waals surface area contributed by atoms with Gasteiger partial charge >= 0.3 is 0 Å². The van der Waals surface area contributed by atoms with Crippen LogP contribution in [-0.2, 0) is 11.4 Å². The zero-order valence-electron chi connectivity index (χ0n) is 12.2. The Balaban J connectivity index is 1.68. The Hall–Kier alpha value is -1.95. The average Bonchev–Trinajstić information content (AvgIpc) is 2.86. The number of carbonyl (C=O) groups excluding carboxylic acids is 2. The number of halogens is 2. The largest absolute Gasteiger partial charge is 0.489 e. The van der Waals surface area contributed by atoms with E-state index in [0.717, 1.165) is 22.9 Å². The molecule has 24 heavy (non-hydrogen) atoms. The van der Waals surface area contributed by atoms with E-state index in [0.29, 0.717) is 20.7 Å². The van der Waals surface area contributed by atoms with Crippen molar-refractivity contribution in [1.29, 1.82) is 0 Å². The number of carbonyl (C=O) groups is 2. The van der Waals surface area contributed by atoms with Gasteiger partial charge in [0.05, 0.1) is 4.91 Å². The molecule has 0 spiro atoms. The summed E-state index contributed by atoms with van der Waals surface area (Å²) >= 11 is 13.1. The SMILES string of the molecule is O=C1NC(=O)/C(=C/c2ccc(OCc3c(Cl)cccc3Cl)cc2)S1. The lowest BCUT2D eigenvalue weighted by molar-refractivity contribution is -0.115. The van der Waals surface area contributed by atoms with E-state index < -0.39 is 0 Å². The molecule has 1 N–H and O–H groups in total. The predicted molar refractivity (Wildman–Crippen MR) is 96.3 cm³/mol. The summed E-state index contributed by atoms with van der Waals surface area (Å²) in [5.74, 6) is 0.270. The standard InChI is InChI=1S/C17H11Cl2NO3S/c18-13-2-1-3-14(19)12(13)9-23-11-6-4-10(5-7-11)8-15-16(21)20-17(22)24-15/h1-8H,9H2,(H,20,21,22)/b15-8-. The number of hydrogen-bond acceptors (Lipinski definition) is 4. The van der Waals surface area contributed by atoms with Crippen molar-refractivity contribution in [3.05, 3.63) is 68.5 Å². The van der Waals surface area contributed by atoms with Crippen LogP contribution >= 0.6 is 35.0 Å². The highest BCUT2D eigenvalue weighted by atomic mass is 35.5. The highest BCUT2D eigenvalue weighted by Crippen LogP contribution is 2.28. The molecule has 0 unspecified atom stereocenters. The molecule has 122 valence electrons. The molecule has 4 nitrogen and oxygen atoms in total. The molecule has 1 fully saturated rings. The Morgan fingerprint density at radius 2 is 1.71 bits per heavy atom. The molecule has 0 radical (unpaired) electrons. The van der Waals surface area contributed by atoms with Crippen molar-refractivity contribution in [2.75, 3.05) is 0 Å². The number of hydrogen-bond donors (Lipinski definition) is 1. The number of thioether (sulfide) groups is 1. The first kappa shape index (κ1) is 16.9. The van der Waals surface area contributed by atoms with Gasteiger partial charge in [-0.2, -0.15) is 0 Å². The molecule has 1 aliphatic heterocycles. The first-order valence-electron chi connectivity index (χ1n) is 6.93. The number of imide groups is 1. The van der Waals surface area contributed by atoms with Crippen LogP contribution in [0.3, 0.4) is 0 Å². The molecule has 0 atom stereocenters. The highest BCUT2D eigenvalue weighted by Gasteiger charge is 2.24. The van der Waals surface area contributed by atoms with Gasteiger partial charge in [0.1, 0.15) is 12.4 Å². The Bertz CT molecular complexity index is 814. The van der Waals surface area contributed by atoms with Gasteiger partial charge in [0.15, 0.2) is 0 Å². The molecule has 1 saturated heterocycles. The van der Waals surface area contributed by atoms with Crippen LogP contribution in [0, 0.1) is 0 Å². The van der Waals surface area contributed by atoms with E-state index in [-0.39, 0.29) is 17.8 Å². The van der Waals surface area contributed by atoms with Crippen molar-refractivity contribution in [2.45, 2.75) is 6.61 Å². The number of rotatable bonds is 4. The predicted octanol–water partition coefficient (Wildman–Crippen LogP) is 4.90. The van der Waals surface area contributed by atoms with Crippen LogP contribution in [-0.4, -0.2) is 11.1 Å². The topological polar surface area (TPSA) is 55.4 Å². The molecule has 0 aliphatic carbocycles. The molecule has 0 saturated carbocycles. The summed E-state index contributed by atoms with van der Waals surface area (Å²) in [5.41, 5.74) is 1.52. The van der Waals surface area contributed by atoms with Gasteiger partial charge in [-0.25, -0.2) is 0 Å².